The minimum atomic E-state index is -0.444. The van der Waals surface area contributed by atoms with Crippen LogP contribution in [0.2, 0.25) is 0 Å². The molecule has 1 aromatic heterocycles. The summed E-state index contributed by atoms with van der Waals surface area (Å²) in [5.41, 5.74) is 1.14. The van der Waals surface area contributed by atoms with Crippen LogP contribution >= 0.6 is 0 Å². The van der Waals surface area contributed by atoms with Crippen molar-refractivity contribution < 1.29 is 18.7 Å². The lowest BCUT2D eigenvalue weighted by atomic mass is 10.1. The fraction of sp³-hybridized carbons (Fsp3) is 0.0417. The third-order valence-corrected chi connectivity index (χ3v) is 4.29. The van der Waals surface area contributed by atoms with E-state index in [1.54, 1.807) is 24.3 Å². The summed E-state index contributed by atoms with van der Waals surface area (Å²) in [5.74, 6) is 0.708. The Morgan fingerprint density at radius 3 is 2.58 bits per heavy atom. The molecule has 1 heterocycles. The van der Waals surface area contributed by atoms with Crippen LogP contribution in [0.3, 0.4) is 0 Å². The second-order valence-corrected chi connectivity index (χ2v) is 6.54. The Balaban J connectivity index is 1.44. The Morgan fingerprint density at radius 2 is 1.77 bits per heavy atom. The topological polar surface area (TPSA) is 73.3 Å². The normalized spacial score (nSPS) is 10.4. The zero-order valence-electron chi connectivity index (χ0n) is 16.4. The Hall–Kier alpha value is -4.26. The van der Waals surface area contributed by atoms with Gasteiger partial charge in [0, 0.05) is 29.2 Å². The van der Waals surface area contributed by atoms with Gasteiger partial charge in [0.2, 0.25) is 5.88 Å². The molecule has 6 nitrogen and oxygen atoms in total. The molecule has 0 aliphatic heterocycles. The molecule has 0 atom stereocenters. The van der Waals surface area contributed by atoms with Gasteiger partial charge in [0.1, 0.15) is 23.9 Å². The predicted molar refractivity (Wildman–Crippen MR) is 114 cm³/mol. The van der Waals surface area contributed by atoms with Crippen LogP contribution in [0, 0.1) is 5.82 Å². The number of hydrogen-bond donors (Lipinski definition) is 1. The highest BCUT2D eigenvalue weighted by Gasteiger charge is 2.11. The third-order valence-electron chi connectivity index (χ3n) is 4.29. The third kappa shape index (κ3) is 5.42. The highest BCUT2D eigenvalue weighted by molar-refractivity contribution is 6.04. The highest BCUT2D eigenvalue weighted by atomic mass is 19.1. The van der Waals surface area contributed by atoms with Crippen molar-refractivity contribution in [2.75, 3.05) is 5.32 Å². The van der Waals surface area contributed by atoms with E-state index in [1.165, 1.54) is 36.8 Å². The largest absolute Gasteiger partial charge is 0.472 e. The molecule has 1 N–H and O–H groups in total. The summed E-state index contributed by atoms with van der Waals surface area (Å²) < 4.78 is 25.4. The molecule has 1 amide bonds. The van der Waals surface area contributed by atoms with Gasteiger partial charge in [-0.05, 0) is 48.5 Å². The second kappa shape index (κ2) is 9.49. The lowest BCUT2D eigenvalue weighted by Gasteiger charge is -2.11. The summed E-state index contributed by atoms with van der Waals surface area (Å²) in [6.07, 6.45) is 4.44. The predicted octanol–water partition coefficient (Wildman–Crippen LogP) is 5.24. The maximum absolute atomic E-state index is 14.1. The van der Waals surface area contributed by atoms with Gasteiger partial charge in [-0.2, -0.15) is 0 Å². The van der Waals surface area contributed by atoms with Gasteiger partial charge < -0.3 is 14.8 Å². The van der Waals surface area contributed by atoms with Crippen molar-refractivity contribution in [3.8, 4) is 17.4 Å². The molecule has 7 heteroatoms. The molecule has 0 radical (unpaired) electrons. The summed E-state index contributed by atoms with van der Waals surface area (Å²) in [4.78, 5) is 20.6. The van der Waals surface area contributed by atoms with Crippen molar-refractivity contribution in [1.82, 2.24) is 9.97 Å². The molecule has 0 fully saturated rings. The molecular weight excluding hydrogens is 397 g/mol. The first kappa shape index (κ1) is 20.0. The van der Waals surface area contributed by atoms with Crippen LogP contribution < -0.4 is 14.8 Å². The molecule has 0 unspecified atom stereocenters. The number of para-hydroxylation sites is 1. The van der Waals surface area contributed by atoms with Gasteiger partial charge in [0.25, 0.3) is 5.91 Å². The molecule has 0 saturated carbocycles. The van der Waals surface area contributed by atoms with Gasteiger partial charge in [0.05, 0.1) is 6.20 Å². The van der Waals surface area contributed by atoms with Crippen molar-refractivity contribution in [2.45, 2.75) is 6.61 Å². The number of amides is 1. The summed E-state index contributed by atoms with van der Waals surface area (Å²) in [5, 5.41) is 2.77. The monoisotopic (exact) mass is 415 g/mol. The van der Waals surface area contributed by atoms with Gasteiger partial charge in [-0.15, -0.1) is 0 Å². The molecule has 4 aromatic rings. The van der Waals surface area contributed by atoms with E-state index < -0.39 is 5.82 Å². The van der Waals surface area contributed by atoms with E-state index in [-0.39, 0.29) is 24.0 Å². The van der Waals surface area contributed by atoms with E-state index in [0.29, 0.717) is 22.7 Å². The molecule has 31 heavy (non-hydrogen) atoms. The number of nitrogens with zero attached hydrogens (tertiary/aromatic N) is 2. The molecule has 154 valence electrons. The molecule has 4 rings (SSSR count). The lowest BCUT2D eigenvalue weighted by molar-refractivity contribution is 0.102. The number of rotatable bonds is 7. The van der Waals surface area contributed by atoms with E-state index in [1.807, 2.05) is 30.3 Å². The quantitative estimate of drug-likeness (QED) is 0.447. The van der Waals surface area contributed by atoms with Crippen LogP contribution in [0.1, 0.15) is 15.9 Å². The maximum Gasteiger partial charge on any atom is 0.255 e. The fourth-order valence-corrected chi connectivity index (χ4v) is 2.80. The average molecular weight is 415 g/mol. The van der Waals surface area contributed by atoms with Crippen molar-refractivity contribution in [1.29, 1.82) is 0 Å². The number of carbonyl (C=O) groups is 1. The maximum atomic E-state index is 14.1. The van der Waals surface area contributed by atoms with Crippen molar-refractivity contribution in [2.24, 2.45) is 0 Å². The summed E-state index contributed by atoms with van der Waals surface area (Å²) in [6.45, 7) is -0.0470. The van der Waals surface area contributed by atoms with Crippen LogP contribution in [0.15, 0.2) is 91.4 Å². The first-order valence-electron chi connectivity index (χ1n) is 9.49. The summed E-state index contributed by atoms with van der Waals surface area (Å²) in [6, 6.07) is 20.4. The number of benzene rings is 3. The van der Waals surface area contributed by atoms with Crippen molar-refractivity contribution in [3.63, 3.8) is 0 Å². The van der Waals surface area contributed by atoms with Gasteiger partial charge >= 0.3 is 0 Å². The molecule has 0 aliphatic carbocycles. The molecule has 0 saturated heterocycles. The Labute approximate surface area is 178 Å². The number of nitrogens with one attached hydrogen (secondary N) is 1. The zero-order valence-corrected chi connectivity index (χ0v) is 16.4. The fourth-order valence-electron chi connectivity index (χ4n) is 2.80. The SMILES string of the molecule is O=C(Nc1ccc(F)c(COc2cnccn2)c1)c1cccc(Oc2ccccc2)c1. The Bertz CT molecular complexity index is 1170. The number of carbonyl (C=O) groups excluding carboxylic acids is 1. The average Bonchev–Trinajstić information content (AvgIpc) is 2.81. The Kier molecular flexibility index (Phi) is 6.13. The smallest absolute Gasteiger partial charge is 0.255 e. The molecular formula is C24H18FN3O3. The van der Waals surface area contributed by atoms with Gasteiger partial charge in [-0.25, -0.2) is 9.37 Å². The summed E-state index contributed by atoms with van der Waals surface area (Å²) in [7, 11) is 0. The van der Waals surface area contributed by atoms with E-state index in [0.717, 1.165) is 0 Å². The van der Waals surface area contributed by atoms with Gasteiger partial charge in [-0.3, -0.25) is 9.78 Å². The van der Waals surface area contributed by atoms with E-state index >= 15 is 0 Å². The minimum Gasteiger partial charge on any atom is -0.472 e. The van der Waals surface area contributed by atoms with Crippen LogP contribution in [0.5, 0.6) is 17.4 Å². The number of hydrogen-bond acceptors (Lipinski definition) is 5. The first-order valence-corrected chi connectivity index (χ1v) is 9.49. The second-order valence-electron chi connectivity index (χ2n) is 6.54. The standard InChI is InChI=1S/C24H18FN3O3/c25-22-10-9-19(13-18(22)16-30-23-15-26-11-12-27-23)28-24(29)17-5-4-8-21(14-17)31-20-6-2-1-3-7-20/h1-15H,16H2,(H,28,29). The lowest BCUT2D eigenvalue weighted by Crippen LogP contribution is -2.12. The summed E-state index contributed by atoms with van der Waals surface area (Å²) >= 11 is 0. The van der Waals surface area contributed by atoms with Crippen molar-refractivity contribution in [3.05, 3.63) is 108 Å². The number of aromatic nitrogens is 2. The highest BCUT2D eigenvalue weighted by Crippen LogP contribution is 2.23. The number of halogens is 1. The van der Waals surface area contributed by atoms with Crippen LogP contribution in [0.25, 0.3) is 0 Å². The van der Waals surface area contributed by atoms with Crippen LogP contribution in [-0.4, -0.2) is 15.9 Å². The van der Waals surface area contributed by atoms with E-state index in [4.69, 9.17) is 9.47 Å². The van der Waals surface area contributed by atoms with E-state index in [2.05, 4.69) is 15.3 Å². The van der Waals surface area contributed by atoms with Gasteiger partial charge in [0.15, 0.2) is 0 Å². The number of anilines is 1. The molecule has 3 aromatic carbocycles. The molecule has 0 spiro atoms. The van der Waals surface area contributed by atoms with Crippen LogP contribution in [-0.2, 0) is 6.61 Å². The van der Waals surface area contributed by atoms with Crippen LogP contribution in [0.4, 0.5) is 10.1 Å². The molecule has 0 aliphatic rings. The minimum absolute atomic E-state index is 0.0470. The zero-order chi connectivity index (χ0) is 21.5. The first-order chi connectivity index (χ1) is 15.2. The van der Waals surface area contributed by atoms with Gasteiger partial charge in [-0.1, -0.05) is 24.3 Å². The van der Waals surface area contributed by atoms with Crippen molar-refractivity contribution >= 4 is 11.6 Å². The molecule has 0 bridgehead atoms. The Morgan fingerprint density at radius 1 is 0.935 bits per heavy atom. The van der Waals surface area contributed by atoms with E-state index in [9.17, 15) is 9.18 Å². The number of ether oxygens (including phenoxy) is 2.